The Morgan fingerprint density at radius 1 is 1.27 bits per heavy atom. The zero-order chi connectivity index (χ0) is 11.4. The van der Waals surface area contributed by atoms with Crippen LogP contribution in [0.2, 0.25) is 0 Å². The first kappa shape index (κ1) is 12.9. The second-order valence-electron chi connectivity index (χ2n) is 5.82. The molecule has 0 atom stereocenters. The number of hydrogen-bond donors (Lipinski definition) is 2. The zero-order valence-corrected chi connectivity index (χ0v) is 10.3. The first-order valence-electron chi connectivity index (χ1n) is 5.92. The molecule has 0 amide bonds. The lowest BCUT2D eigenvalue weighted by Gasteiger charge is -2.32. The highest BCUT2D eigenvalue weighted by Gasteiger charge is 2.29. The minimum Gasteiger partial charge on any atom is -0.388 e. The standard InChI is InChI=1S/C12H25NO2/c1-11(2,3)4-7-13-10-12(14)5-8-15-9-6-12/h13-14H,4-10H2,1-3H3. The molecule has 1 fully saturated rings. The minimum atomic E-state index is -0.532. The van der Waals surface area contributed by atoms with Crippen molar-refractivity contribution in [1.29, 1.82) is 0 Å². The van der Waals surface area contributed by atoms with Gasteiger partial charge >= 0.3 is 0 Å². The van der Waals surface area contributed by atoms with Crippen molar-refractivity contribution >= 4 is 0 Å². The van der Waals surface area contributed by atoms with Crippen molar-refractivity contribution in [3.8, 4) is 0 Å². The van der Waals surface area contributed by atoms with Crippen LogP contribution in [0.15, 0.2) is 0 Å². The molecule has 0 spiro atoms. The molecule has 1 aliphatic rings. The highest BCUT2D eigenvalue weighted by atomic mass is 16.5. The second-order valence-corrected chi connectivity index (χ2v) is 5.82. The van der Waals surface area contributed by atoms with Crippen molar-refractivity contribution in [1.82, 2.24) is 5.32 Å². The molecule has 0 saturated carbocycles. The third kappa shape index (κ3) is 5.50. The lowest BCUT2D eigenvalue weighted by atomic mass is 9.91. The van der Waals surface area contributed by atoms with Crippen LogP contribution in [0.3, 0.4) is 0 Å². The van der Waals surface area contributed by atoms with E-state index in [0.717, 1.165) is 25.8 Å². The summed E-state index contributed by atoms with van der Waals surface area (Å²) in [7, 11) is 0. The lowest BCUT2D eigenvalue weighted by molar-refractivity contribution is -0.0616. The molecule has 1 saturated heterocycles. The third-order valence-corrected chi connectivity index (χ3v) is 2.93. The predicted octanol–water partition coefficient (Wildman–Crippen LogP) is 1.55. The smallest absolute Gasteiger partial charge is 0.0815 e. The molecule has 0 unspecified atom stereocenters. The first-order valence-corrected chi connectivity index (χ1v) is 5.92. The van der Waals surface area contributed by atoms with E-state index in [4.69, 9.17) is 4.74 Å². The van der Waals surface area contributed by atoms with Crippen LogP contribution in [0.5, 0.6) is 0 Å². The van der Waals surface area contributed by atoms with Crippen molar-refractivity contribution in [2.75, 3.05) is 26.3 Å². The molecule has 2 N–H and O–H groups in total. The number of ether oxygens (including phenoxy) is 1. The highest BCUT2D eigenvalue weighted by molar-refractivity contribution is 4.83. The first-order chi connectivity index (χ1) is 6.91. The molecule has 0 aromatic heterocycles. The van der Waals surface area contributed by atoms with Gasteiger partial charge in [0.2, 0.25) is 0 Å². The second kappa shape index (κ2) is 5.28. The Bertz CT molecular complexity index is 181. The van der Waals surface area contributed by atoms with Gasteiger partial charge in [0, 0.05) is 32.6 Å². The average Bonchev–Trinajstić information content (AvgIpc) is 2.12. The molecule has 1 aliphatic heterocycles. The summed E-state index contributed by atoms with van der Waals surface area (Å²) in [5.74, 6) is 0. The Kier molecular flexibility index (Phi) is 4.56. The average molecular weight is 215 g/mol. The maximum atomic E-state index is 10.2. The molecule has 1 rings (SSSR count). The van der Waals surface area contributed by atoms with Gasteiger partial charge in [-0.3, -0.25) is 0 Å². The summed E-state index contributed by atoms with van der Waals surface area (Å²) in [6, 6.07) is 0. The van der Waals surface area contributed by atoms with Gasteiger partial charge in [0.25, 0.3) is 0 Å². The lowest BCUT2D eigenvalue weighted by Crippen LogP contribution is -2.45. The van der Waals surface area contributed by atoms with Gasteiger partial charge in [-0.25, -0.2) is 0 Å². The van der Waals surface area contributed by atoms with Gasteiger partial charge in [-0.2, -0.15) is 0 Å². The number of hydrogen-bond acceptors (Lipinski definition) is 3. The largest absolute Gasteiger partial charge is 0.388 e. The summed E-state index contributed by atoms with van der Waals surface area (Å²) in [5.41, 5.74) is -0.165. The summed E-state index contributed by atoms with van der Waals surface area (Å²) in [6.45, 7) is 9.77. The fraction of sp³-hybridized carbons (Fsp3) is 1.00. The Morgan fingerprint density at radius 3 is 2.40 bits per heavy atom. The van der Waals surface area contributed by atoms with Gasteiger partial charge < -0.3 is 15.2 Å². The van der Waals surface area contributed by atoms with E-state index in [9.17, 15) is 5.11 Å². The number of aliphatic hydroxyl groups is 1. The van der Waals surface area contributed by atoms with Crippen molar-refractivity contribution in [3.05, 3.63) is 0 Å². The van der Waals surface area contributed by atoms with Gasteiger partial charge in [0.15, 0.2) is 0 Å². The summed E-state index contributed by atoms with van der Waals surface area (Å²) in [5, 5.41) is 13.5. The molecule has 3 heteroatoms. The fourth-order valence-electron chi connectivity index (χ4n) is 1.71. The van der Waals surface area contributed by atoms with E-state index in [2.05, 4.69) is 26.1 Å². The SMILES string of the molecule is CC(C)(C)CCNCC1(O)CCOCC1. The molecule has 0 aromatic carbocycles. The minimum absolute atomic E-state index is 0.366. The van der Waals surface area contributed by atoms with E-state index in [-0.39, 0.29) is 0 Å². The van der Waals surface area contributed by atoms with E-state index in [1.807, 2.05) is 0 Å². The van der Waals surface area contributed by atoms with Crippen LogP contribution in [0.4, 0.5) is 0 Å². The Morgan fingerprint density at radius 2 is 1.87 bits per heavy atom. The summed E-state index contributed by atoms with van der Waals surface area (Å²) in [4.78, 5) is 0. The predicted molar refractivity (Wildman–Crippen MR) is 61.9 cm³/mol. The molecule has 1 heterocycles. The van der Waals surface area contributed by atoms with Gasteiger partial charge in [-0.15, -0.1) is 0 Å². The molecular formula is C12H25NO2. The molecule has 0 aliphatic carbocycles. The monoisotopic (exact) mass is 215 g/mol. The molecule has 3 nitrogen and oxygen atoms in total. The van der Waals surface area contributed by atoms with Crippen LogP contribution >= 0.6 is 0 Å². The normalized spacial score (nSPS) is 21.6. The van der Waals surface area contributed by atoms with Crippen molar-refractivity contribution in [3.63, 3.8) is 0 Å². The van der Waals surface area contributed by atoms with Gasteiger partial charge in [0.05, 0.1) is 5.60 Å². The van der Waals surface area contributed by atoms with Crippen molar-refractivity contribution < 1.29 is 9.84 Å². The fourth-order valence-corrected chi connectivity index (χ4v) is 1.71. The van der Waals surface area contributed by atoms with E-state index < -0.39 is 5.60 Å². The van der Waals surface area contributed by atoms with Crippen LogP contribution in [-0.4, -0.2) is 37.0 Å². The van der Waals surface area contributed by atoms with Crippen LogP contribution in [0.25, 0.3) is 0 Å². The molecular weight excluding hydrogens is 190 g/mol. The van der Waals surface area contributed by atoms with Crippen LogP contribution < -0.4 is 5.32 Å². The van der Waals surface area contributed by atoms with E-state index in [1.54, 1.807) is 0 Å². The molecule has 0 bridgehead atoms. The quantitative estimate of drug-likeness (QED) is 0.699. The molecule has 0 radical (unpaired) electrons. The van der Waals surface area contributed by atoms with Gasteiger partial charge in [-0.05, 0) is 18.4 Å². The van der Waals surface area contributed by atoms with Crippen LogP contribution in [0, 0.1) is 5.41 Å². The molecule has 15 heavy (non-hydrogen) atoms. The summed E-state index contributed by atoms with van der Waals surface area (Å²) in [6.07, 6.45) is 2.66. The third-order valence-electron chi connectivity index (χ3n) is 2.93. The van der Waals surface area contributed by atoms with Crippen molar-refractivity contribution in [2.45, 2.75) is 45.6 Å². The Labute approximate surface area is 93.2 Å². The Balaban J connectivity index is 2.13. The van der Waals surface area contributed by atoms with E-state index >= 15 is 0 Å². The van der Waals surface area contributed by atoms with Gasteiger partial charge in [0.1, 0.15) is 0 Å². The highest BCUT2D eigenvalue weighted by Crippen LogP contribution is 2.20. The van der Waals surface area contributed by atoms with E-state index in [1.165, 1.54) is 0 Å². The number of rotatable bonds is 4. The topological polar surface area (TPSA) is 41.5 Å². The van der Waals surface area contributed by atoms with Gasteiger partial charge in [-0.1, -0.05) is 20.8 Å². The zero-order valence-electron chi connectivity index (χ0n) is 10.3. The maximum Gasteiger partial charge on any atom is 0.0815 e. The molecule has 90 valence electrons. The number of nitrogens with one attached hydrogen (secondary N) is 1. The van der Waals surface area contributed by atoms with Crippen molar-refractivity contribution in [2.24, 2.45) is 5.41 Å². The summed E-state index contributed by atoms with van der Waals surface area (Å²) >= 11 is 0. The van der Waals surface area contributed by atoms with Crippen LogP contribution in [0.1, 0.15) is 40.0 Å². The Hall–Kier alpha value is -0.120. The van der Waals surface area contributed by atoms with Crippen LogP contribution in [-0.2, 0) is 4.74 Å². The van der Waals surface area contributed by atoms with E-state index in [0.29, 0.717) is 25.2 Å². The summed E-state index contributed by atoms with van der Waals surface area (Å²) < 4.78 is 5.24. The molecule has 0 aromatic rings. The maximum absolute atomic E-state index is 10.2.